The number of carbonyl (C=O) groups excluding carboxylic acids is 1. The molecular weight excluding hydrogens is 412 g/mol. The van der Waals surface area contributed by atoms with Crippen molar-refractivity contribution >= 4 is 6.03 Å². The minimum Gasteiger partial charge on any atom is -0.496 e. The normalized spacial score (nSPS) is 19.1. The minimum absolute atomic E-state index is 0.0281. The van der Waals surface area contributed by atoms with Crippen LogP contribution < -0.4 is 15.4 Å². The van der Waals surface area contributed by atoms with Crippen molar-refractivity contribution in [1.82, 2.24) is 20.5 Å². The van der Waals surface area contributed by atoms with Gasteiger partial charge in [-0.15, -0.1) is 0 Å². The number of para-hydroxylation sites is 1. The van der Waals surface area contributed by atoms with Gasteiger partial charge in [0.05, 0.1) is 7.11 Å². The zero-order valence-electron chi connectivity index (χ0n) is 19.8. The predicted octanol–water partition coefficient (Wildman–Crippen LogP) is 4.51. The number of ether oxygens (including phenoxy) is 1. The summed E-state index contributed by atoms with van der Waals surface area (Å²) in [5, 5.41) is 6.50. The molecule has 1 atom stereocenters. The summed E-state index contributed by atoms with van der Waals surface area (Å²) < 4.78 is 5.59. The molecule has 1 aromatic heterocycles. The molecule has 2 aromatic rings. The molecule has 2 fully saturated rings. The van der Waals surface area contributed by atoms with Crippen LogP contribution in [0.5, 0.6) is 5.75 Å². The summed E-state index contributed by atoms with van der Waals surface area (Å²) >= 11 is 0. The van der Waals surface area contributed by atoms with Crippen LogP contribution in [0.3, 0.4) is 0 Å². The fourth-order valence-electron chi connectivity index (χ4n) is 5.37. The van der Waals surface area contributed by atoms with Gasteiger partial charge in [-0.2, -0.15) is 0 Å². The van der Waals surface area contributed by atoms with Crippen LogP contribution in [0.25, 0.3) is 0 Å². The Morgan fingerprint density at radius 1 is 1.09 bits per heavy atom. The van der Waals surface area contributed by atoms with E-state index in [9.17, 15) is 4.79 Å². The van der Waals surface area contributed by atoms with E-state index in [4.69, 9.17) is 4.74 Å². The van der Waals surface area contributed by atoms with Gasteiger partial charge in [-0.25, -0.2) is 4.79 Å². The van der Waals surface area contributed by atoms with E-state index < -0.39 is 0 Å². The van der Waals surface area contributed by atoms with Crippen LogP contribution in [0.15, 0.2) is 48.8 Å². The highest BCUT2D eigenvalue weighted by Crippen LogP contribution is 2.34. The van der Waals surface area contributed by atoms with Crippen molar-refractivity contribution in [2.75, 3.05) is 26.7 Å². The number of benzene rings is 1. The second-order valence-electron chi connectivity index (χ2n) is 9.53. The van der Waals surface area contributed by atoms with Crippen molar-refractivity contribution in [2.45, 2.75) is 69.4 Å². The standard InChI is InChI=1S/C27H38N4O2/c1-33-26-12-6-5-11-25(26)22-13-16-31(17-14-22)20-24(18-21-8-7-15-28-19-21)30-27(32)29-23-9-3-2-4-10-23/h5-8,11-12,15,19,22-24H,2-4,9-10,13-14,16-18,20H2,1H3,(H2,29,30,32)/t24-/m1/s1. The lowest BCUT2D eigenvalue weighted by Crippen LogP contribution is -2.52. The molecule has 1 aliphatic carbocycles. The molecule has 0 spiro atoms. The van der Waals surface area contributed by atoms with Gasteiger partial charge in [0, 0.05) is 31.0 Å². The van der Waals surface area contributed by atoms with Gasteiger partial charge in [0.15, 0.2) is 0 Å². The Morgan fingerprint density at radius 2 is 1.88 bits per heavy atom. The lowest BCUT2D eigenvalue weighted by molar-refractivity contribution is 0.185. The maximum Gasteiger partial charge on any atom is 0.315 e. The maximum absolute atomic E-state index is 12.8. The highest BCUT2D eigenvalue weighted by Gasteiger charge is 2.26. The molecule has 6 nitrogen and oxygen atoms in total. The molecule has 0 unspecified atom stereocenters. The lowest BCUT2D eigenvalue weighted by Gasteiger charge is -2.35. The number of hydrogen-bond acceptors (Lipinski definition) is 4. The van der Waals surface area contributed by atoms with Crippen molar-refractivity contribution in [1.29, 1.82) is 0 Å². The summed E-state index contributed by atoms with van der Waals surface area (Å²) in [5.41, 5.74) is 2.47. The number of urea groups is 1. The number of piperidine rings is 1. The average Bonchev–Trinajstić information content (AvgIpc) is 2.85. The van der Waals surface area contributed by atoms with Gasteiger partial charge in [0.1, 0.15) is 5.75 Å². The van der Waals surface area contributed by atoms with Crippen molar-refractivity contribution in [3.63, 3.8) is 0 Å². The number of nitrogens with one attached hydrogen (secondary N) is 2. The first-order valence-electron chi connectivity index (χ1n) is 12.5. The molecule has 0 radical (unpaired) electrons. The van der Waals surface area contributed by atoms with Gasteiger partial charge in [-0.3, -0.25) is 4.98 Å². The molecule has 4 rings (SSSR count). The Balaban J connectivity index is 1.34. The average molecular weight is 451 g/mol. The van der Waals surface area contributed by atoms with E-state index in [0.717, 1.165) is 63.1 Å². The molecule has 178 valence electrons. The number of aromatic nitrogens is 1. The topological polar surface area (TPSA) is 66.5 Å². The summed E-state index contributed by atoms with van der Waals surface area (Å²) in [5.74, 6) is 1.52. The number of nitrogens with zero attached hydrogens (tertiary/aromatic N) is 2. The number of hydrogen-bond donors (Lipinski definition) is 2. The predicted molar refractivity (Wildman–Crippen MR) is 132 cm³/mol. The lowest BCUT2D eigenvalue weighted by atomic mass is 9.88. The van der Waals surface area contributed by atoms with Crippen molar-refractivity contribution in [3.05, 3.63) is 59.9 Å². The van der Waals surface area contributed by atoms with Crippen LogP contribution in [0.2, 0.25) is 0 Å². The molecular formula is C27H38N4O2. The monoisotopic (exact) mass is 450 g/mol. The van der Waals surface area contributed by atoms with Crippen LogP contribution in [-0.2, 0) is 6.42 Å². The molecule has 33 heavy (non-hydrogen) atoms. The minimum atomic E-state index is -0.0281. The van der Waals surface area contributed by atoms with Crippen molar-refractivity contribution in [2.24, 2.45) is 0 Å². The summed E-state index contributed by atoms with van der Waals surface area (Å²) in [4.78, 5) is 19.5. The smallest absolute Gasteiger partial charge is 0.315 e. The highest BCUT2D eigenvalue weighted by atomic mass is 16.5. The van der Waals surface area contributed by atoms with E-state index in [0.29, 0.717) is 12.0 Å². The van der Waals surface area contributed by atoms with E-state index in [-0.39, 0.29) is 12.1 Å². The van der Waals surface area contributed by atoms with Crippen LogP contribution >= 0.6 is 0 Å². The largest absolute Gasteiger partial charge is 0.496 e. The van der Waals surface area contributed by atoms with Gasteiger partial charge in [-0.1, -0.05) is 43.5 Å². The quantitative estimate of drug-likeness (QED) is 0.621. The highest BCUT2D eigenvalue weighted by molar-refractivity contribution is 5.74. The number of likely N-dealkylation sites (tertiary alicyclic amines) is 1. The molecule has 1 aromatic carbocycles. The second kappa shape index (κ2) is 12.0. The fraction of sp³-hybridized carbons (Fsp3) is 0.556. The number of amides is 2. The molecule has 2 heterocycles. The van der Waals surface area contributed by atoms with E-state index in [1.807, 2.05) is 18.3 Å². The SMILES string of the molecule is COc1ccccc1C1CCN(C[C@@H](Cc2cccnc2)NC(=O)NC2CCCCC2)CC1. The fourth-order valence-corrected chi connectivity index (χ4v) is 5.37. The first kappa shape index (κ1) is 23.6. The molecule has 1 saturated heterocycles. The Bertz CT molecular complexity index is 861. The van der Waals surface area contributed by atoms with E-state index in [2.05, 4.69) is 44.8 Å². The number of rotatable bonds is 8. The van der Waals surface area contributed by atoms with E-state index in [1.165, 1.54) is 24.8 Å². The third kappa shape index (κ3) is 6.94. The van der Waals surface area contributed by atoms with Crippen LogP contribution in [0.4, 0.5) is 4.79 Å². The maximum atomic E-state index is 12.8. The van der Waals surface area contributed by atoms with Crippen molar-refractivity contribution < 1.29 is 9.53 Å². The molecule has 6 heteroatoms. The number of pyridine rings is 1. The molecule has 1 aliphatic heterocycles. The van der Waals surface area contributed by atoms with E-state index >= 15 is 0 Å². The molecule has 2 amide bonds. The summed E-state index contributed by atoms with van der Waals surface area (Å²) in [7, 11) is 1.75. The molecule has 2 N–H and O–H groups in total. The van der Waals surface area contributed by atoms with Crippen LogP contribution in [-0.4, -0.2) is 54.7 Å². The number of carbonyl (C=O) groups is 1. The van der Waals surface area contributed by atoms with Crippen LogP contribution in [0.1, 0.15) is 62.0 Å². The zero-order chi connectivity index (χ0) is 22.9. The Morgan fingerprint density at radius 3 is 2.61 bits per heavy atom. The number of methoxy groups -OCH3 is 1. The first-order valence-corrected chi connectivity index (χ1v) is 12.5. The zero-order valence-corrected chi connectivity index (χ0v) is 19.8. The van der Waals surface area contributed by atoms with E-state index in [1.54, 1.807) is 13.3 Å². The van der Waals surface area contributed by atoms with Gasteiger partial charge >= 0.3 is 6.03 Å². The van der Waals surface area contributed by atoms with Gasteiger partial charge in [0.25, 0.3) is 0 Å². The summed E-state index contributed by atoms with van der Waals surface area (Å²) in [6.45, 7) is 2.90. The summed E-state index contributed by atoms with van der Waals surface area (Å²) in [6, 6.07) is 12.8. The summed E-state index contributed by atoms with van der Waals surface area (Å²) in [6.07, 6.45) is 12.6. The van der Waals surface area contributed by atoms with Gasteiger partial charge in [-0.05, 0) is 74.4 Å². The molecule has 0 bridgehead atoms. The Labute approximate surface area is 198 Å². The second-order valence-corrected chi connectivity index (χ2v) is 9.53. The third-order valence-corrected chi connectivity index (χ3v) is 7.13. The van der Waals surface area contributed by atoms with Crippen LogP contribution in [0, 0.1) is 0 Å². The molecule has 2 aliphatic rings. The first-order chi connectivity index (χ1) is 16.2. The van der Waals surface area contributed by atoms with Crippen molar-refractivity contribution in [3.8, 4) is 5.75 Å². The molecule has 1 saturated carbocycles. The Kier molecular flexibility index (Phi) is 8.59. The van der Waals surface area contributed by atoms with Gasteiger partial charge in [0.2, 0.25) is 0 Å². The Hall–Kier alpha value is -2.60. The third-order valence-electron chi connectivity index (χ3n) is 7.13. The van der Waals surface area contributed by atoms with Gasteiger partial charge < -0.3 is 20.3 Å².